The molecule has 5 nitrogen and oxygen atoms in total. The number of nitrogens with one attached hydrogen (secondary N) is 1. The van der Waals surface area contributed by atoms with E-state index in [0.29, 0.717) is 18.9 Å². The van der Waals surface area contributed by atoms with Crippen LogP contribution >= 0.6 is 0 Å². The molecular weight excluding hydrogens is 278 g/mol. The van der Waals surface area contributed by atoms with Gasteiger partial charge in [0.1, 0.15) is 16.5 Å². The van der Waals surface area contributed by atoms with Crippen LogP contribution in [-0.2, 0) is 10.0 Å². The van der Waals surface area contributed by atoms with E-state index in [0.717, 1.165) is 6.07 Å². The summed E-state index contributed by atoms with van der Waals surface area (Å²) in [4.78, 5) is -0.694. The second-order valence-corrected chi connectivity index (χ2v) is 6.52. The predicted molar refractivity (Wildman–Crippen MR) is 64.7 cm³/mol. The van der Waals surface area contributed by atoms with E-state index >= 15 is 0 Å². The van der Waals surface area contributed by atoms with E-state index in [9.17, 15) is 17.2 Å². The maximum atomic E-state index is 13.5. The lowest BCUT2D eigenvalue weighted by Crippen LogP contribution is -2.32. The third-order valence-corrected chi connectivity index (χ3v) is 4.69. The smallest absolute Gasteiger partial charge is 0.243 e. The first-order valence-corrected chi connectivity index (χ1v) is 7.13. The van der Waals surface area contributed by atoms with Crippen molar-refractivity contribution in [2.24, 2.45) is 5.41 Å². The fourth-order valence-corrected chi connectivity index (χ4v) is 2.89. The van der Waals surface area contributed by atoms with Gasteiger partial charge in [-0.25, -0.2) is 21.9 Å². The van der Waals surface area contributed by atoms with E-state index in [2.05, 4.69) is 4.72 Å². The van der Waals surface area contributed by atoms with E-state index in [1.165, 1.54) is 0 Å². The number of nitrogens with two attached hydrogens (primary N) is 1. The molecule has 0 amide bonds. The first kappa shape index (κ1) is 14.2. The third kappa shape index (κ3) is 2.85. The maximum Gasteiger partial charge on any atom is 0.243 e. The highest BCUT2D eigenvalue weighted by atomic mass is 32.2. The molecule has 0 atom stereocenters. The van der Waals surface area contributed by atoms with Crippen LogP contribution in [0.15, 0.2) is 17.0 Å². The summed E-state index contributed by atoms with van der Waals surface area (Å²) < 4.78 is 52.5. The van der Waals surface area contributed by atoms with Crippen molar-refractivity contribution in [1.29, 1.82) is 0 Å². The lowest BCUT2D eigenvalue weighted by molar-refractivity contribution is 0.213. The van der Waals surface area contributed by atoms with E-state index in [-0.39, 0.29) is 13.2 Å². The van der Waals surface area contributed by atoms with Crippen LogP contribution in [0.1, 0.15) is 12.8 Å². The van der Waals surface area contributed by atoms with Gasteiger partial charge in [-0.2, -0.15) is 0 Å². The Labute approximate surface area is 109 Å². The topological polar surface area (TPSA) is 92.4 Å². The second-order valence-electron chi connectivity index (χ2n) is 4.79. The number of anilines is 1. The van der Waals surface area contributed by atoms with Crippen molar-refractivity contribution in [3.8, 4) is 0 Å². The normalized spacial score (nSPS) is 17.4. The van der Waals surface area contributed by atoms with Crippen molar-refractivity contribution in [2.75, 3.05) is 18.9 Å². The van der Waals surface area contributed by atoms with Crippen LogP contribution in [0.5, 0.6) is 0 Å². The summed E-state index contributed by atoms with van der Waals surface area (Å²) in [7, 11) is -4.12. The van der Waals surface area contributed by atoms with Gasteiger partial charge in [-0.3, -0.25) is 0 Å². The monoisotopic (exact) mass is 292 g/mol. The molecule has 1 saturated carbocycles. The lowest BCUT2D eigenvalue weighted by Gasteiger charge is -2.14. The van der Waals surface area contributed by atoms with Gasteiger partial charge in [0.05, 0.1) is 5.69 Å². The van der Waals surface area contributed by atoms with Crippen molar-refractivity contribution in [1.82, 2.24) is 4.72 Å². The fourth-order valence-electron chi connectivity index (χ4n) is 1.64. The van der Waals surface area contributed by atoms with Gasteiger partial charge in [0, 0.05) is 24.6 Å². The highest BCUT2D eigenvalue weighted by Crippen LogP contribution is 2.44. The van der Waals surface area contributed by atoms with Crippen LogP contribution in [0.25, 0.3) is 0 Å². The summed E-state index contributed by atoms with van der Waals surface area (Å²) in [6, 6.07) is 1.17. The summed E-state index contributed by atoms with van der Waals surface area (Å²) in [5, 5.41) is 9.08. The number of rotatable bonds is 5. The van der Waals surface area contributed by atoms with Gasteiger partial charge < -0.3 is 10.8 Å². The second kappa shape index (κ2) is 4.69. The number of nitrogen functional groups attached to an aromatic ring is 1. The SMILES string of the molecule is Nc1cc(S(=O)(=O)NCC2(CO)CC2)c(F)cc1F. The molecule has 1 fully saturated rings. The minimum Gasteiger partial charge on any atom is -0.396 e. The Morgan fingerprint density at radius 1 is 1.32 bits per heavy atom. The van der Waals surface area contributed by atoms with Crippen LogP contribution in [0.4, 0.5) is 14.5 Å². The van der Waals surface area contributed by atoms with Gasteiger partial charge >= 0.3 is 0 Å². The van der Waals surface area contributed by atoms with E-state index < -0.39 is 37.7 Å². The molecule has 2 rings (SSSR count). The predicted octanol–water partition coefficient (Wildman–Crippen LogP) is 0.598. The van der Waals surface area contributed by atoms with E-state index in [1.807, 2.05) is 0 Å². The molecule has 4 N–H and O–H groups in total. The Bertz CT molecular complexity index is 600. The van der Waals surface area contributed by atoms with Crippen LogP contribution in [0.3, 0.4) is 0 Å². The van der Waals surface area contributed by atoms with Crippen LogP contribution in [0, 0.1) is 17.0 Å². The van der Waals surface area contributed by atoms with Crippen LogP contribution < -0.4 is 10.5 Å². The summed E-state index contributed by atoms with van der Waals surface area (Å²) >= 11 is 0. The molecule has 0 aromatic heterocycles. The summed E-state index contributed by atoms with van der Waals surface area (Å²) in [6.07, 6.45) is 1.42. The highest BCUT2D eigenvalue weighted by Gasteiger charge is 2.42. The van der Waals surface area contributed by atoms with Gasteiger partial charge in [0.2, 0.25) is 10.0 Å². The number of aliphatic hydroxyl groups is 1. The first-order chi connectivity index (χ1) is 8.80. The number of sulfonamides is 1. The maximum absolute atomic E-state index is 13.5. The number of benzene rings is 1. The van der Waals surface area contributed by atoms with Gasteiger partial charge in [-0.05, 0) is 18.9 Å². The minimum atomic E-state index is -4.12. The first-order valence-electron chi connectivity index (χ1n) is 5.65. The molecule has 0 bridgehead atoms. The molecule has 1 aromatic carbocycles. The molecule has 0 saturated heterocycles. The Kier molecular flexibility index (Phi) is 3.50. The third-order valence-electron chi connectivity index (χ3n) is 3.27. The molecule has 1 aromatic rings. The summed E-state index contributed by atoms with van der Waals surface area (Å²) in [5.74, 6) is -2.21. The quantitative estimate of drug-likeness (QED) is 0.693. The standard InChI is InChI=1S/C11H14F2N2O3S/c12-7-3-8(13)10(4-9(7)14)19(17,18)15-5-11(6-16)1-2-11/h3-4,15-16H,1-2,5-6,14H2. The molecular formula is C11H14F2N2O3S. The summed E-state index contributed by atoms with van der Waals surface area (Å²) in [5.41, 5.74) is 4.34. The van der Waals surface area contributed by atoms with Crippen molar-refractivity contribution in [3.63, 3.8) is 0 Å². The average Bonchev–Trinajstić information content (AvgIpc) is 3.12. The zero-order valence-corrected chi connectivity index (χ0v) is 10.8. The lowest BCUT2D eigenvalue weighted by atomic mass is 10.1. The summed E-state index contributed by atoms with van der Waals surface area (Å²) in [6.45, 7) is -0.119. The number of aliphatic hydroxyl groups excluding tert-OH is 1. The minimum absolute atomic E-state index is 0.0164. The average molecular weight is 292 g/mol. The Morgan fingerprint density at radius 2 is 1.95 bits per heavy atom. The Hall–Kier alpha value is -1.25. The molecule has 1 aliphatic rings. The molecule has 0 radical (unpaired) electrons. The molecule has 106 valence electrons. The number of halogens is 2. The van der Waals surface area contributed by atoms with E-state index in [1.54, 1.807) is 0 Å². The molecule has 8 heteroatoms. The van der Waals surface area contributed by atoms with Crippen LogP contribution in [-0.4, -0.2) is 26.7 Å². The number of hydrogen-bond donors (Lipinski definition) is 3. The van der Waals surface area contributed by atoms with Crippen molar-refractivity contribution in [2.45, 2.75) is 17.7 Å². The van der Waals surface area contributed by atoms with Gasteiger partial charge in [0.25, 0.3) is 0 Å². The Balaban J connectivity index is 2.22. The van der Waals surface area contributed by atoms with Gasteiger partial charge in [-0.15, -0.1) is 0 Å². The highest BCUT2D eigenvalue weighted by molar-refractivity contribution is 7.89. The van der Waals surface area contributed by atoms with Gasteiger partial charge in [0.15, 0.2) is 0 Å². The molecule has 0 spiro atoms. The zero-order chi connectivity index (χ0) is 14.3. The van der Waals surface area contributed by atoms with Crippen molar-refractivity contribution in [3.05, 3.63) is 23.8 Å². The van der Waals surface area contributed by atoms with Crippen molar-refractivity contribution < 1.29 is 22.3 Å². The van der Waals surface area contributed by atoms with Crippen LogP contribution in [0.2, 0.25) is 0 Å². The van der Waals surface area contributed by atoms with Crippen molar-refractivity contribution >= 4 is 15.7 Å². The largest absolute Gasteiger partial charge is 0.396 e. The van der Waals surface area contributed by atoms with E-state index in [4.69, 9.17) is 10.8 Å². The van der Waals surface area contributed by atoms with Gasteiger partial charge in [-0.1, -0.05) is 0 Å². The molecule has 0 heterocycles. The molecule has 0 unspecified atom stereocenters. The number of hydrogen-bond acceptors (Lipinski definition) is 4. The molecule has 0 aliphatic heterocycles. The fraction of sp³-hybridized carbons (Fsp3) is 0.455. The zero-order valence-electron chi connectivity index (χ0n) is 9.99. The molecule has 19 heavy (non-hydrogen) atoms. The Morgan fingerprint density at radius 3 is 2.47 bits per heavy atom. The molecule has 1 aliphatic carbocycles.